The van der Waals surface area contributed by atoms with E-state index in [-0.39, 0.29) is 18.1 Å². The highest BCUT2D eigenvalue weighted by Gasteiger charge is 2.31. The molecular weight excluding hydrogens is 262 g/mol. The van der Waals surface area contributed by atoms with Crippen LogP contribution < -0.4 is 0 Å². The van der Waals surface area contributed by atoms with Gasteiger partial charge in [-0.05, 0) is 32.6 Å². The van der Waals surface area contributed by atoms with E-state index in [4.69, 9.17) is 14.6 Å². The summed E-state index contributed by atoms with van der Waals surface area (Å²) < 4.78 is 11.1. The number of ether oxygens (including phenoxy) is 2. The highest BCUT2D eigenvalue weighted by molar-refractivity contribution is 5.96. The zero-order chi connectivity index (χ0) is 14.5. The Morgan fingerprint density at radius 3 is 2.00 bits per heavy atom. The van der Waals surface area contributed by atoms with Crippen molar-refractivity contribution < 1.29 is 24.2 Å². The van der Waals surface area contributed by atoms with E-state index >= 15 is 0 Å². The first-order valence-electron chi connectivity index (χ1n) is 7.32. The van der Waals surface area contributed by atoms with E-state index in [9.17, 15) is 9.59 Å². The van der Waals surface area contributed by atoms with E-state index in [1.807, 2.05) is 0 Å². The second-order valence-electron chi connectivity index (χ2n) is 5.57. The highest BCUT2D eigenvalue weighted by atomic mass is 16.5. The van der Waals surface area contributed by atoms with Crippen molar-refractivity contribution in [2.24, 2.45) is 5.92 Å². The Kier molecular flexibility index (Phi) is 5.37. The summed E-state index contributed by atoms with van der Waals surface area (Å²) in [4.78, 5) is 24.9. The standard InChI is InChI=1S/C14H23NO5/c1-10(14(17)18)13(16)15(8-11-4-2-6-19-11)9-12-5-3-7-20-12/h10-12H,2-9H2,1H3,(H,17,18). The van der Waals surface area contributed by atoms with E-state index < -0.39 is 11.9 Å². The molecule has 2 rings (SSSR count). The topological polar surface area (TPSA) is 76.1 Å². The third-order valence-corrected chi connectivity index (χ3v) is 3.95. The second kappa shape index (κ2) is 7.04. The lowest BCUT2D eigenvalue weighted by molar-refractivity contribution is -0.151. The number of hydrogen-bond acceptors (Lipinski definition) is 4. The summed E-state index contributed by atoms with van der Waals surface area (Å²) in [5, 5.41) is 9.01. The third-order valence-electron chi connectivity index (χ3n) is 3.95. The summed E-state index contributed by atoms with van der Waals surface area (Å²) in [6.45, 7) is 3.82. The van der Waals surface area contributed by atoms with Crippen LogP contribution in [0.1, 0.15) is 32.6 Å². The fourth-order valence-electron chi connectivity index (χ4n) is 2.70. The van der Waals surface area contributed by atoms with Crippen molar-refractivity contribution in [1.29, 1.82) is 0 Å². The van der Waals surface area contributed by atoms with Gasteiger partial charge in [0, 0.05) is 26.3 Å². The molecule has 0 aliphatic carbocycles. The van der Waals surface area contributed by atoms with E-state index in [0.29, 0.717) is 13.1 Å². The lowest BCUT2D eigenvalue weighted by Crippen LogP contribution is -2.45. The zero-order valence-corrected chi connectivity index (χ0v) is 11.9. The molecule has 3 unspecified atom stereocenters. The SMILES string of the molecule is CC(C(=O)O)C(=O)N(CC1CCCO1)CC1CCCO1. The Morgan fingerprint density at radius 1 is 1.15 bits per heavy atom. The minimum absolute atomic E-state index is 0.0290. The average molecular weight is 285 g/mol. The molecule has 0 bridgehead atoms. The van der Waals surface area contributed by atoms with Crippen LogP contribution in [-0.2, 0) is 19.1 Å². The van der Waals surface area contributed by atoms with Crippen molar-refractivity contribution in [3.63, 3.8) is 0 Å². The highest BCUT2D eigenvalue weighted by Crippen LogP contribution is 2.18. The van der Waals surface area contributed by atoms with Crippen LogP contribution in [0, 0.1) is 5.92 Å². The first-order valence-corrected chi connectivity index (χ1v) is 7.32. The van der Waals surface area contributed by atoms with Crippen molar-refractivity contribution in [1.82, 2.24) is 4.90 Å². The van der Waals surface area contributed by atoms with Crippen LogP contribution in [0.2, 0.25) is 0 Å². The van der Waals surface area contributed by atoms with Crippen LogP contribution in [0.4, 0.5) is 0 Å². The van der Waals surface area contributed by atoms with Gasteiger partial charge in [0.25, 0.3) is 0 Å². The molecule has 0 aromatic carbocycles. The van der Waals surface area contributed by atoms with E-state index in [0.717, 1.165) is 38.9 Å². The lowest BCUT2D eigenvalue weighted by Gasteiger charge is -2.29. The molecule has 0 saturated carbocycles. The predicted molar refractivity (Wildman–Crippen MR) is 71.3 cm³/mol. The number of hydrogen-bond donors (Lipinski definition) is 1. The van der Waals surface area contributed by atoms with Gasteiger partial charge in [0.15, 0.2) is 0 Å². The van der Waals surface area contributed by atoms with Gasteiger partial charge < -0.3 is 19.5 Å². The number of carbonyl (C=O) groups is 2. The van der Waals surface area contributed by atoms with Crippen LogP contribution in [0.15, 0.2) is 0 Å². The Bertz CT molecular complexity index is 329. The predicted octanol–water partition coefficient (Wildman–Crippen LogP) is 0.894. The maximum Gasteiger partial charge on any atom is 0.315 e. The molecule has 0 aromatic rings. The molecule has 2 heterocycles. The molecule has 2 aliphatic heterocycles. The molecule has 20 heavy (non-hydrogen) atoms. The number of carbonyl (C=O) groups excluding carboxylic acids is 1. The monoisotopic (exact) mass is 285 g/mol. The fraction of sp³-hybridized carbons (Fsp3) is 0.857. The van der Waals surface area contributed by atoms with Crippen LogP contribution in [0.5, 0.6) is 0 Å². The molecule has 0 radical (unpaired) electrons. The summed E-state index contributed by atoms with van der Waals surface area (Å²) in [6, 6.07) is 0. The number of rotatable bonds is 6. The van der Waals surface area contributed by atoms with E-state index in [1.165, 1.54) is 6.92 Å². The first-order chi connectivity index (χ1) is 9.58. The molecule has 3 atom stereocenters. The van der Waals surface area contributed by atoms with Crippen LogP contribution >= 0.6 is 0 Å². The Balaban J connectivity index is 1.97. The molecule has 6 nitrogen and oxygen atoms in total. The smallest absolute Gasteiger partial charge is 0.315 e. The van der Waals surface area contributed by atoms with Crippen molar-refractivity contribution in [3.8, 4) is 0 Å². The van der Waals surface area contributed by atoms with Gasteiger partial charge in [-0.3, -0.25) is 9.59 Å². The maximum atomic E-state index is 12.3. The van der Waals surface area contributed by atoms with Gasteiger partial charge in [0.2, 0.25) is 5.91 Å². The molecule has 1 N–H and O–H groups in total. The lowest BCUT2D eigenvalue weighted by atomic mass is 10.1. The number of carboxylic acid groups (broad SMARTS) is 1. The molecule has 2 saturated heterocycles. The number of nitrogens with zero attached hydrogens (tertiary/aromatic N) is 1. The molecule has 0 spiro atoms. The van der Waals surface area contributed by atoms with Crippen molar-refractivity contribution >= 4 is 11.9 Å². The Hall–Kier alpha value is -1.14. The number of carboxylic acids is 1. The van der Waals surface area contributed by atoms with Gasteiger partial charge in [-0.2, -0.15) is 0 Å². The van der Waals surface area contributed by atoms with Gasteiger partial charge in [-0.15, -0.1) is 0 Å². The van der Waals surface area contributed by atoms with Crippen LogP contribution in [-0.4, -0.2) is 60.4 Å². The second-order valence-corrected chi connectivity index (χ2v) is 5.57. The molecular formula is C14H23NO5. The Labute approximate surface area is 119 Å². The molecule has 2 aliphatic rings. The van der Waals surface area contributed by atoms with Gasteiger partial charge >= 0.3 is 5.97 Å². The first kappa shape index (κ1) is 15.3. The number of aliphatic carboxylic acids is 1. The van der Waals surface area contributed by atoms with Gasteiger partial charge in [0.05, 0.1) is 12.2 Å². The molecule has 6 heteroatoms. The van der Waals surface area contributed by atoms with Crippen molar-refractivity contribution in [3.05, 3.63) is 0 Å². The normalized spacial score (nSPS) is 27.4. The summed E-state index contributed by atoms with van der Waals surface area (Å²) in [7, 11) is 0. The van der Waals surface area contributed by atoms with E-state index in [2.05, 4.69) is 0 Å². The molecule has 2 fully saturated rings. The minimum Gasteiger partial charge on any atom is -0.481 e. The summed E-state index contributed by atoms with van der Waals surface area (Å²) in [5.41, 5.74) is 0. The van der Waals surface area contributed by atoms with Gasteiger partial charge in [-0.25, -0.2) is 0 Å². The minimum atomic E-state index is -1.08. The third kappa shape index (κ3) is 3.93. The van der Waals surface area contributed by atoms with Gasteiger partial charge in [0.1, 0.15) is 5.92 Å². The average Bonchev–Trinajstić information content (AvgIpc) is 3.09. The summed E-state index contributed by atoms with van der Waals surface area (Å²) in [5.74, 6) is -2.44. The fourth-order valence-corrected chi connectivity index (χ4v) is 2.70. The van der Waals surface area contributed by atoms with Crippen molar-refractivity contribution in [2.45, 2.75) is 44.8 Å². The summed E-state index contributed by atoms with van der Waals surface area (Å²) >= 11 is 0. The molecule has 0 aromatic heterocycles. The van der Waals surface area contributed by atoms with Gasteiger partial charge in [-0.1, -0.05) is 0 Å². The summed E-state index contributed by atoms with van der Waals surface area (Å²) in [6.07, 6.45) is 3.91. The Morgan fingerprint density at radius 2 is 1.65 bits per heavy atom. The van der Waals surface area contributed by atoms with Crippen LogP contribution in [0.25, 0.3) is 0 Å². The van der Waals surface area contributed by atoms with Crippen LogP contribution in [0.3, 0.4) is 0 Å². The largest absolute Gasteiger partial charge is 0.481 e. The van der Waals surface area contributed by atoms with Crippen molar-refractivity contribution in [2.75, 3.05) is 26.3 Å². The quantitative estimate of drug-likeness (QED) is 0.734. The number of amides is 1. The molecule has 1 amide bonds. The molecule has 114 valence electrons. The van der Waals surface area contributed by atoms with E-state index in [1.54, 1.807) is 4.90 Å². The zero-order valence-electron chi connectivity index (χ0n) is 11.9. The maximum absolute atomic E-state index is 12.3.